The van der Waals surface area contributed by atoms with E-state index >= 15 is 0 Å². The molecular weight excluding hydrogens is 434 g/mol. The molecule has 0 N–H and O–H groups in total. The molecule has 1 aromatic rings. The number of nitro groups is 1. The molecule has 0 aliphatic rings. The van der Waals surface area contributed by atoms with Crippen molar-refractivity contribution >= 4 is 33.4 Å². The second-order valence-electron chi connectivity index (χ2n) is 6.35. The molecule has 0 unspecified atom stereocenters. The molecule has 31 heavy (non-hydrogen) atoms. The molecule has 0 saturated carbocycles. The van der Waals surface area contributed by atoms with Gasteiger partial charge in [0.25, 0.3) is 5.69 Å². The Morgan fingerprint density at radius 3 is 1.81 bits per heavy atom. The zero-order valence-electron chi connectivity index (χ0n) is 17.5. The summed E-state index contributed by atoms with van der Waals surface area (Å²) in [5.74, 6) is -3.38. The Labute approximate surface area is 179 Å². The molecule has 0 aliphatic carbocycles. The highest BCUT2D eigenvalue weighted by Gasteiger charge is 2.56. The summed E-state index contributed by atoms with van der Waals surface area (Å²) in [5, 5.41) is 10.9. The minimum atomic E-state index is -4.76. The van der Waals surface area contributed by atoms with Crippen molar-refractivity contribution in [3.8, 4) is 0 Å². The summed E-state index contributed by atoms with van der Waals surface area (Å²) in [6, 6.07) is 3.71. The Balaban J connectivity index is 3.66. The van der Waals surface area contributed by atoms with Crippen molar-refractivity contribution in [2.24, 2.45) is 0 Å². The highest BCUT2D eigenvalue weighted by atomic mass is 32.2. The van der Waals surface area contributed by atoms with E-state index in [1.807, 2.05) is 0 Å². The van der Waals surface area contributed by atoms with Gasteiger partial charge in [0.15, 0.2) is 14.6 Å². The molecule has 0 fully saturated rings. The van der Waals surface area contributed by atoms with Crippen molar-refractivity contribution in [2.75, 3.05) is 19.8 Å². The number of nitro benzene ring substituents is 1. The number of carbonyl (C=O) groups is 3. The van der Waals surface area contributed by atoms with Crippen LogP contribution in [0.4, 0.5) is 5.69 Å². The van der Waals surface area contributed by atoms with Crippen molar-refractivity contribution in [1.29, 1.82) is 0 Å². The fourth-order valence-electron chi connectivity index (χ4n) is 2.70. The largest absolute Gasteiger partial charge is 0.466 e. The average molecular weight is 459 g/mol. The molecule has 0 amide bonds. The van der Waals surface area contributed by atoms with Crippen molar-refractivity contribution in [1.82, 2.24) is 0 Å². The van der Waals surface area contributed by atoms with Gasteiger partial charge in [-0.05, 0) is 32.4 Å². The molecular formula is C19H25NO10S. The van der Waals surface area contributed by atoms with Crippen LogP contribution in [0.2, 0.25) is 0 Å². The van der Waals surface area contributed by atoms with Gasteiger partial charge >= 0.3 is 17.9 Å². The molecule has 12 heteroatoms. The molecule has 1 rings (SSSR count). The van der Waals surface area contributed by atoms with Crippen molar-refractivity contribution in [3.05, 3.63) is 34.4 Å². The summed E-state index contributed by atoms with van der Waals surface area (Å²) in [7, 11) is -4.76. The summed E-state index contributed by atoms with van der Waals surface area (Å²) >= 11 is 0. The van der Waals surface area contributed by atoms with Gasteiger partial charge in [-0.2, -0.15) is 0 Å². The highest BCUT2D eigenvalue weighted by molar-refractivity contribution is 7.93. The number of esters is 3. The number of hydrogen-bond acceptors (Lipinski definition) is 10. The van der Waals surface area contributed by atoms with Crippen LogP contribution in [-0.4, -0.2) is 55.8 Å². The van der Waals surface area contributed by atoms with E-state index in [1.165, 1.54) is 13.8 Å². The fourth-order valence-corrected chi connectivity index (χ4v) is 4.54. The molecule has 0 saturated heterocycles. The first kappa shape index (κ1) is 26.0. The summed E-state index contributed by atoms with van der Waals surface area (Å²) < 4.78 is 39.1. The SMILES string of the molecule is CCCOC(=O)C(CC(=O)OCC)(CC(=O)OCC)S(=O)(=O)c1ccc([N+](=O)[O-])cc1. The normalized spacial score (nSPS) is 11.5. The first-order valence-corrected chi connectivity index (χ1v) is 11.0. The number of nitrogens with zero attached hydrogens (tertiary/aromatic N) is 1. The predicted molar refractivity (Wildman–Crippen MR) is 107 cm³/mol. The van der Waals surface area contributed by atoms with Gasteiger partial charge in [-0.25, -0.2) is 8.42 Å². The molecule has 0 heterocycles. The molecule has 11 nitrogen and oxygen atoms in total. The topological polar surface area (TPSA) is 156 Å². The number of benzene rings is 1. The molecule has 1 aromatic carbocycles. The molecule has 0 radical (unpaired) electrons. The van der Waals surface area contributed by atoms with Crippen LogP contribution in [0.3, 0.4) is 0 Å². The number of non-ortho nitro benzene ring substituents is 1. The van der Waals surface area contributed by atoms with Crippen molar-refractivity contribution in [2.45, 2.75) is 49.7 Å². The van der Waals surface area contributed by atoms with Crippen LogP contribution in [-0.2, 0) is 38.4 Å². The second kappa shape index (κ2) is 11.4. The maximum atomic E-state index is 13.5. The number of rotatable bonds is 12. The van der Waals surface area contributed by atoms with E-state index in [2.05, 4.69) is 0 Å². The van der Waals surface area contributed by atoms with Crippen LogP contribution < -0.4 is 0 Å². The lowest BCUT2D eigenvalue weighted by molar-refractivity contribution is -0.384. The first-order chi connectivity index (χ1) is 14.6. The van der Waals surface area contributed by atoms with Gasteiger partial charge in [-0.15, -0.1) is 0 Å². The van der Waals surface area contributed by atoms with E-state index in [9.17, 15) is 32.9 Å². The molecule has 0 aromatic heterocycles. The van der Waals surface area contributed by atoms with Gasteiger partial charge < -0.3 is 14.2 Å². The van der Waals surface area contributed by atoms with Crippen LogP contribution in [0.5, 0.6) is 0 Å². The molecule has 0 aliphatic heterocycles. The zero-order valence-corrected chi connectivity index (χ0v) is 18.3. The lowest BCUT2D eigenvalue weighted by Gasteiger charge is -2.29. The lowest BCUT2D eigenvalue weighted by atomic mass is 10.00. The van der Waals surface area contributed by atoms with Crippen LogP contribution in [0, 0.1) is 10.1 Å². The van der Waals surface area contributed by atoms with E-state index in [-0.39, 0.29) is 25.5 Å². The highest BCUT2D eigenvalue weighted by Crippen LogP contribution is 2.35. The van der Waals surface area contributed by atoms with Crippen LogP contribution in [0.15, 0.2) is 29.2 Å². The second-order valence-corrected chi connectivity index (χ2v) is 8.61. The summed E-state index contributed by atoms with van der Waals surface area (Å²) in [6.45, 7) is 4.33. The standard InChI is InChI=1S/C19H25NO10S/c1-4-11-30-18(23)19(12-16(21)28-5-2,13-17(22)29-6-3)31(26,27)15-9-7-14(8-10-15)20(24)25/h7-10H,4-6,11-13H2,1-3H3. The van der Waals surface area contributed by atoms with E-state index in [1.54, 1.807) is 6.92 Å². The monoisotopic (exact) mass is 459 g/mol. The summed E-state index contributed by atoms with van der Waals surface area (Å²) in [6.07, 6.45) is -1.64. The smallest absolute Gasteiger partial charge is 0.329 e. The Morgan fingerprint density at radius 2 is 1.42 bits per heavy atom. The number of ether oxygens (including phenoxy) is 3. The van der Waals surface area contributed by atoms with E-state index in [0.717, 1.165) is 24.3 Å². The van der Waals surface area contributed by atoms with Crippen LogP contribution >= 0.6 is 0 Å². The lowest BCUT2D eigenvalue weighted by Crippen LogP contribution is -2.51. The van der Waals surface area contributed by atoms with Gasteiger partial charge in [0.2, 0.25) is 0 Å². The third-order valence-electron chi connectivity index (χ3n) is 4.15. The maximum Gasteiger partial charge on any atom is 0.329 e. The maximum absolute atomic E-state index is 13.5. The molecule has 0 bridgehead atoms. The van der Waals surface area contributed by atoms with Crippen LogP contribution in [0.1, 0.15) is 40.0 Å². The van der Waals surface area contributed by atoms with Gasteiger partial charge in [0.1, 0.15) is 0 Å². The first-order valence-electron chi connectivity index (χ1n) is 9.53. The Morgan fingerprint density at radius 1 is 0.935 bits per heavy atom. The zero-order chi connectivity index (χ0) is 23.7. The van der Waals surface area contributed by atoms with Crippen molar-refractivity contribution in [3.63, 3.8) is 0 Å². The van der Waals surface area contributed by atoms with Crippen LogP contribution in [0.25, 0.3) is 0 Å². The Kier molecular flexibility index (Phi) is 9.56. The Hall–Kier alpha value is -3.02. The quantitative estimate of drug-likeness (QED) is 0.196. The van der Waals surface area contributed by atoms with Crippen molar-refractivity contribution < 1.29 is 41.9 Å². The average Bonchev–Trinajstić information content (AvgIpc) is 2.71. The Bertz CT molecular complexity index is 888. The van der Waals surface area contributed by atoms with Gasteiger partial charge in [0, 0.05) is 12.1 Å². The van der Waals surface area contributed by atoms with E-state index in [4.69, 9.17) is 14.2 Å². The van der Waals surface area contributed by atoms with Gasteiger partial charge in [-0.3, -0.25) is 24.5 Å². The third kappa shape index (κ3) is 6.23. The summed E-state index contributed by atoms with van der Waals surface area (Å²) in [5.41, 5.74) is -0.381. The molecule has 172 valence electrons. The number of carbonyl (C=O) groups excluding carboxylic acids is 3. The fraction of sp³-hybridized carbons (Fsp3) is 0.526. The van der Waals surface area contributed by atoms with E-state index in [0.29, 0.717) is 6.42 Å². The molecule has 0 atom stereocenters. The van der Waals surface area contributed by atoms with Gasteiger partial charge in [0.05, 0.1) is 42.5 Å². The van der Waals surface area contributed by atoms with Gasteiger partial charge in [-0.1, -0.05) is 6.92 Å². The number of hydrogen-bond donors (Lipinski definition) is 0. The minimum Gasteiger partial charge on any atom is -0.466 e. The van der Waals surface area contributed by atoms with E-state index < -0.39 is 55.2 Å². The minimum absolute atomic E-state index is 0.0874. The molecule has 0 spiro atoms. The third-order valence-corrected chi connectivity index (χ3v) is 6.53. The number of sulfone groups is 1. The summed E-state index contributed by atoms with van der Waals surface area (Å²) in [4.78, 5) is 47.2. The predicted octanol–water partition coefficient (Wildman–Crippen LogP) is 1.97.